The number of hydrogen-bond acceptors (Lipinski definition) is 2. The van der Waals surface area contributed by atoms with Crippen molar-refractivity contribution in [3.8, 4) is 12.3 Å². The van der Waals surface area contributed by atoms with Crippen LogP contribution in [0.3, 0.4) is 0 Å². The third-order valence-corrected chi connectivity index (χ3v) is 2.88. The molecule has 16 heavy (non-hydrogen) atoms. The third kappa shape index (κ3) is 3.01. The zero-order valence-electron chi connectivity index (χ0n) is 9.41. The second kappa shape index (κ2) is 5.58. The van der Waals surface area contributed by atoms with Crippen molar-refractivity contribution < 1.29 is 4.74 Å². The first-order chi connectivity index (χ1) is 7.88. The smallest absolute Gasteiger partial charge is 0.0511 e. The van der Waals surface area contributed by atoms with Gasteiger partial charge in [0, 0.05) is 24.4 Å². The largest absolute Gasteiger partial charge is 0.385 e. The zero-order chi connectivity index (χ0) is 11.2. The van der Waals surface area contributed by atoms with E-state index >= 15 is 0 Å². The maximum Gasteiger partial charge on any atom is 0.0511 e. The summed E-state index contributed by atoms with van der Waals surface area (Å²) in [5, 5.41) is 3.41. The van der Waals surface area contributed by atoms with Crippen molar-refractivity contribution >= 4 is 5.69 Å². The Morgan fingerprint density at radius 1 is 1.50 bits per heavy atom. The molecule has 1 fully saturated rings. The summed E-state index contributed by atoms with van der Waals surface area (Å²) in [7, 11) is 0. The predicted octanol–water partition coefficient (Wildman–Crippen LogP) is 2.51. The number of anilines is 1. The van der Waals surface area contributed by atoms with Crippen molar-refractivity contribution in [1.29, 1.82) is 0 Å². The minimum Gasteiger partial charge on any atom is -0.385 e. The van der Waals surface area contributed by atoms with Gasteiger partial charge in [0.25, 0.3) is 0 Å². The highest BCUT2D eigenvalue weighted by molar-refractivity contribution is 5.49. The van der Waals surface area contributed by atoms with Gasteiger partial charge in [0.05, 0.1) is 6.61 Å². The Morgan fingerprint density at radius 2 is 2.44 bits per heavy atom. The highest BCUT2D eigenvalue weighted by atomic mass is 16.5. The molecule has 0 radical (unpaired) electrons. The van der Waals surface area contributed by atoms with Crippen LogP contribution in [-0.4, -0.2) is 19.8 Å². The second-order valence-electron chi connectivity index (χ2n) is 4.19. The van der Waals surface area contributed by atoms with Crippen LogP contribution in [0.25, 0.3) is 0 Å². The molecule has 1 saturated heterocycles. The standard InChI is InChI=1S/C14H17NO/c1-2-12-5-3-7-14(9-12)15-10-13-6-4-8-16-11-13/h1,3,5,7,9,13,15H,4,6,8,10-11H2. The van der Waals surface area contributed by atoms with Gasteiger partial charge in [-0.25, -0.2) is 0 Å². The van der Waals surface area contributed by atoms with E-state index in [9.17, 15) is 0 Å². The fourth-order valence-electron chi connectivity index (χ4n) is 1.95. The lowest BCUT2D eigenvalue weighted by Gasteiger charge is -2.22. The van der Waals surface area contributed by atoms with Crippen molar-refractivity contribution in [3.05, 3.63) is 29.8 Å². The first-order valence-electron chi connectivity index (χ1n) is 5.77. The molecule has 0 saturated carbocycles. The summed E-state index contributed by atoms with van der Waals surface area (Å²) >= 11 is 0. The Hall–Kier alpha value is -1.46. The van der Waals surface area contributed by atoms with Crippen LogP contribution in [0.5, 0.6) is 0 Å². The molecule has 1 aliphatic rings. The molecule has 1 aromatic carbocycles. The van der Waals surface area contributed by atoms with Crippen LogP contribution >= 0.6 is 0 Å². The molecule has 0 aliphatic carbocycles. The van der Waals surface area contributed by atoms with E-state index in [1.165, 1.54) is 12.8 Å². The summed E-state index contributed by atoms with van der Waals surface area (Å²) in [6.07, 6.45) is 7.79. The van der Waals surface area contributed by atoms with Gasteiger partial charge in [0.15, 0.2) is 0 Å². The average molecular weight is 215 g/mol. The fraction of sp³-hybridized carbons (Fsp3) is 0.429. The molecule has 84 valence electrons. The van der Waals surface area contributed by atoms with Gasteiger partial charge in [-0.05, 0) is 37.0 Å². The molecule has 0 aromatic heterocycles. The van der Waals surface area contributed by atoms with Gasteiger partial charge in [0.1, 0.15) is 0 Å². The number of benzene rings is 1. The predicted molar refractivity (Wildman–Crippen MR) is 66.4 cm³/mol. The lowest BCUT2D eigenvalue weighted by atomic mass is 10.0. The maximum absolute atomic E-state index is 5.44. The van der Waals surface area contributed by atoms with Crippen LogP contribution in [-0.2, 0) is 4.74 Å². The van der Waals surface area contributed by atoms with E-state index < -0.39 is 0 Å². The molecule has 2 rings (SSSR count). The van der Waals surface area contributed by atoms with Gasteiger partial charge in [-0.2, -0.15) is 0 Å². The Morgan fingerprint density at radius 3 is 3.19 bits per heavy atom. The van der Waals surface area contributed by atoms with E-state index in [1.54, 1.807) is 0 Å². The van der Waals surface area contributed by atoms with Crippen LogP contribution < -0.4 is 5.32 Å². The van der Waals surface area contributed by atoms with E-state index in [4.69, 9.17) is 11.2 Å². The molecule has 0 amide bonds. The fourth-order valence-corrected chi connectivity index (χ4v) is 1.95. The molecule has 2 nitrogen and oxygen atoms in total. The number of nitrogens with one attached hydrogen (secondary N) is 1. The van der Waals surface area contributed by atoms with E-state index in [1.807, 2.05) is 24.3 Å². The summed E-state index contributed by atoms with van der Waals surface area (Å²) in [5.74, 6) is 3.27. The van der Waals surface area contributed by atoms with Gasteiger partial charge < -0.3 is 10.1 Å². The van der Waals surface area contributed by atoms with E-state index in [0.29, 0.717) is 5.92 Å². The molecule has 1 unspecified atom stereocenters. The number of hydrogen-bond donors (Lipinski definition) is 1. The van der Waals surface area contributed by atoms with Gasteiger partial charge >= 0.3 is 0 Å². The third-order valence-electron chi connectivity index (χ3n) is 2.88. The molecule has 0 spiro atoms. The van der Waals surface area contributed by atoms with Gasteiger partial charge in [-0.3, -0.25) is 0 Å². The topological polar surface area (TPSA) is 21.3 Å². The molecule has 2 heteroatoms. The Kier molecular flexibility index (Phi) is 3.85. The van der Waals surface area contributed by atoms with Crippen LogP contribution in [0.15, 0.2) is 24.3 Å². The van der Waals surface area contributed by atoms with E-state index in [0.717, 1.165) is 31.0 Å². The number of ether oxygens (including phenoxy) is 1. The Balaban J connectivity index is 1.86. The zero-order valence-corrected chi connectivity index (χ0v) is 9.41. The summed E-state index contributed by atoms with van der Waals surface area (Å²) in [5.41, 5.74) is 2.02. The lowest BCUT2D eigenvalue weighted by Crippen LogP contribution is -2.24. The van der Waals surface area contributed by atoms with Crippen molar-refractivity contribution in [2.45, 2.75) is 12.8 Å². The number of terminal acetylenes is 1. The van der Waals surface area contributed by atoms with Crippen LogP contribution in [0, 0.1) is 18.3 Å². The SMILES string of the molecule is C#Cc1cccc(NCC2CCCOC2)c1. The maximum atomic E-state index is 5.44. The summed E-state index contributed by atoms with van der Waals surface area (Å²) in [4.78, 5) is 0. The van der Waals surface area contributed by atoms with Crippen molar-refractivity contribution in [3.63, 3.8) is 0 Å². The van der Waals surface area contributed by atoms with Crippen molar-refractivity contribution in [1.82, 2.24) is 0 Å². The Labute approximate surface area is 97.0 Å². The first-order valence-corrected chi connectivity index (χ1v) is 5.77. The molecular formula is C14H17NO. The number of rotatable bonds is 3. The van der Waals surface area contributed by atoms with Crippen molar-refractivity contribution in [2.24, 2.45) is 5.92 Å². The second-order valence-corrected chi connectivity index (χ2v) is 4.19. The quantitative estimate of drug-likeness (QED) is 0.782. The highest BCUT2D eigenvalue weighted by Crippen LogP contribution is 2.15. The minimum atomic E-state index is 0.628. The first kappa shape index (κ1) is 11.0. The van der Waals surface area contributed by atoms with Crippen LogP contribution in [0.2, 0.25) is 0 Å². The van der Waals surface area contributed by atoms with Crippen LogP contribution in [0.4, 0.5) is 5.69 Å². The van der Waals surface area contributed by atoms with Gasteiger partial charge in [-0.15, -0.1) is 6.42 Å². The molecule has 1 aromatic rings. The average Bonchev–Trinajstić information content (AvgIpc) is 2.38. The summed E-state index contributed by atoms with van der Waals surface area (Å²) in [6, 6.07) is 7.97. The minimum absolute atomic E-state index is 0.628. The van der Waals surface area contributed by atoms with Gasteiger partial charge in [-0.1, -0.05) is 12.0 Å². The molecule has 1 heterocycles. The molecular weight excluding hydrogens is 198 g/mol. The Bertz CT molecular complexity index is 375. The molecule has 1 N–H and O–H groups in total. The normalized spacial score (nSPS) is 20.1. The lowest BCUT2D eigenvalue weighted by molar-refractivity contribution is 0.0595. The van der Waals surface area contributed by atoms with Gasteiger partial charge in [0.2, 0.25) is 0 Å². The van der Waals surface area contributed by atoms with Crippen molar-refractivity contribution in [2.75, 3.05) is 25.1 Å². The molecule has 1 atom stereocenters. The summed E-state index contributed by atoms with van der Waals surface area (Å²) < 4.78 is 5.44. The van der Waals surface area contributed by atoms with E-state index in [-0.39, 0.29) is 0 Å². The summed E-state index contributed by atoms with van der Waals surface area (Å²) in [6.45, 7) is 2.76. The molecule has 1 aliphatic heterocycles. The monoisotopic (exact) mass is 215 g/mol. The molecule has 0 bridgehead atoms. The van der Waals surface area contributed by atoms with Crippen LogP contribution in [0.1, 0.15) is 18.4 Å². The highest BCUT2D eigenvalue weighted by Gasteiger charge is 2.13. The van der Waals surface area contributed by atoms with E-state index in [2.05, 4.69) is 11.2 Å².